The molecule has 0 saturated heterocycles. The molecule has 16 heavy (non-hydrogen) atoms. The molecule has 0 bridgehead atoms. The number of nitro benzene ring substituents is 1. The Balaban J connectivity index is 0.00000106. The number of nitrogens with zero attached hydrogens (tertiary/aromatic N) is 1. The highest BCUT2D eigenvalue weighted by atomic mass is 35.5. The van der Waals surface area contributed by atoms with Crippen molar-refractivity contribution in [3.8, 4) is 0 Å². The van der Waals surface area contributed by atoms with Crippen LogP contribution in [0.1, 0.15) is 27.7 Å². The first-order valence-corrected chi connectivity index (χ1v) is 5.59. The molecule has 0 aliphatic rings. The monoisotopic (exact) mass is 244 g/mol. The average molecular weight is 245 g/mol. The fourth-order valence-corrected chi connectivity index (χ4v) is 1.27. The lowest BCUT2D eigenvalue weighted by Gasteiger charge is -2.10. The number of nitrogens with one attached hydrogen (secondary N) is 1. The van der Waals surface area contributed by atoms with E-state index in [2.05, 4.69) is 5.32 Å². The molecule has 0 aliphatic heterocycles. The van der Waals surface area contributed by atoms with Gasteiger partial charge in [-0.25, -0.2) is 0 Å². The third-order valence-electron chi connectivity index (χ3n) is 1.60. The number of hydrogen-bond acceptors (Lipinski definition) is 3. The molecule has 1 aromatic rings. The summed E-state index contributed by atoms with van der Waals surface area (Å²) in [4.78, 5) is 10.2. The number of rotatable bonds is 3. The van der Waals surface area contributed by atoms with Crippen molar-refractivity contribution in [3.05, 3.63) is 33.3 Å². The van der Waals surface area contributed by atoms with Crippen LogP contribution in [0.5, 0.6) is 0 Å². The molecular weight excluding hydrogens is 228 g/mol. The number of benzene rings is 1. The van der Waals surface area contributed by atoms with Crippen molar-refractivity contribution in [2.24, 2.45) is 0 Å². The van der Waals surface area contributed by atoms with Gasteiger partial charge in [0.25, 0.3) is 5.69 Å². The van der Waals surface area contributed by atoms with Crippen LogP contribution in [0.3, 0.4) is 0 Å². The van der Waals surface area contributed by atoms with Crippen molar-refractivity contribution >= 4 is 23.0 Å². The number of halogens is 1. The van der Waals surface area contributed by atoms with Gasteiger partial charge >= 0.3 is 0 Å². The maximum Gasteiger partial charge on any atom is 0.292 e. The summed E-state index contributed by atoms with van der Waals surface area (Å²) in [5.74, 6) is 0. The van der Waals surface area contributed by atoms with Gasteiger partial charge in [0, 0.05) is 17.1 Å². The first-order valence-electron chi connectivity index (χ1n) is 5.21. The van der Waals surface area contributed by atoms with Gasteiger partial charge in [-0.2, -0.15) is 0 Å². The number of anilines is 1. The van der Waals surface area contributed by atoms with E-state index in [4.69, 9.17) is 11.6 Å². The molecular formula is C11H17ClN2O2. The second-order valence-electron chi connectivity index (χ2n) is 3.22. The Morgan fingerprint density at radius 2 is 1.94 bits per heavy atom. The van der Waals surface area contributed by atoms with Crippen molar-refractivity contribution < 1.29 is 4.92 Å². The summed E-state index contributed by atoms with van der Waals surface area (Å²) in [7, 11) is 0. The van der Waals surface area contributed by atoms with Gasteiger partial charge in [-0.1, -0.05) is 25.4 Å². The molecule has 0 atom stereocenters. The van der Waals surface area contributed by atoms with Gasteiger partial charge in [-0.15, -0.1) is 0 Å². The Bertz CT molecular complexity index is 354. The average Bonchev–Trinajstić information content (AvgIpc) is 2.19. The van der Waals surface area contributed by atoms with Crippen molar-refractivity contribution in [1.82, 2.24) is 0 Å². The first-order chi connectivity index (χ1) is 7.50. The highest BCUT2D eigenvalue weighted by Crippen LogP contribution is 2.27. The molecule has 0 fully saturated rings. The molecule has 1 N–H and O–H groups in total. The topological polar surface area (TPSA) is 55.2 Å². The quantitative estimate of drug-likeness (QED) is 0.643. The second kappa shape index (κ2) is 7.06. The third-order valence-corrected chi connectivity index (χ3v) is 1.83. The van der Waals surface area contributed by atoms with Crippen LogP contribution in [0.15, 0.2) is 18.2 Å². The second-order valence-corrected chi connectivity index (χ2v) is 3.65. The number of nitro groups is 1. The van der Waals surface area contributed by atoms with Crippen molar-refractivity contribution in [1.29, 1.82) is 0 Å². The van der Waals surface area contributed by atoms with E-state index in [9.17, 15) is 10.1 Å². The van der Waals surface area contributed by atoms with Gasteiger partial charge < -0.3 is 5.32 Å². The molecule has 0 spiro atoms. The zero-order valence-electron chi connectivity index (χ0n) is 9.95. The van der Waals surface area contributed by atoms with E-state index in [1.807, 2.05) is 27.7 Å². The lowest BCUT2D eigenvalue weighted by molar-refractivity contribution is -0.384. The van der Waals surface area contributed by atoms with Crippen LogP contribution < -0.4 is 5.32 Å². The van der Waals surface area contributed by atoms with Gasteiger partial charge in [0.05, 0.1) is 4.92 Å². The summed E-state index contributed by atoms with van der Waals surface area (Å²) >= 11 is 5.74. The third kappa shape index (κ3) is 4.49. The maximum absolute atomic E-state index is 10.6. The van der Waals surface area contributed by atoms with Crippen molar-refractivity contribution in [2.45, 2.75) is 33.7 Å². The van der Waals surface area contributed by atoms with Gasteiger partial charge in [0.2, 0.25) is 0 Å². The summed E-state index contributed by atoms with van der Waals surface area (Å²) in [5, 5.41) is 14.1. The predicted molar refractivity (Wildman–Crippen MR) is 68.2 cm³/mol. The maximum atomic E-state index is 10.6. The van der Waals surface area contributed by atoms with Crippen LogP contribution in [0, 0.1) is 10.1 Å². The van der Waals surface area contributed by atoms with Gasteiger partial charge in [0.1, 0.15) is 5.69 Å². The fraction of sp³-hybridized carbons (Fsp3) is 0.455. The Kier molecular flexibility index (Phi) is 6.49. The standard InChI is InChI=1S/C9H11ClN2O2.C2H6/c1-6(2)11-8-5-7(10)3-4-9(8)12(13)14;1-2/h3-6,11H,1-2H3;1-2H3. The molecule has 0 amide bonds. The molecule has 5 heteroatoms. The summed E-state index contributed by atoms with van der Waals surface area (Å²) in [6, 6.07) is 4.59. The molecule has 0 aliphatic carbocycles. The van der Waals surface area contributed by atoms with E-state index >= 15 is 0 Å². The van der Waals surface area contributed by atoms with E-state index in [1.54, 1.807) is 6.07 Å². The van der Waals surface area contributed by atoms with Crippen LogP contribution >= 0.6 is 11.6 Å². The summed E-state index contributed by atoms with van der Waals surface area (Å²) in [6.07, 6.45) is 0. The zero-order valence-corrected chi connectivity index (χ0v) is 10.7. The molecule has 0 aromatic heterocycles. The Hall–Kier alpha value is -1.29. The largest absolute Gasteiger partial charge is 0.377 e. The minimum atomic E-state index is -0.430. The van der Waals surface area contributed by atoms with Crippen LogP contribution in [0.25, 0.3) is 0 Å². The van der Waals surface area contributed by atoms with Crippen LogP contribution in [-0.4, -0.2) is 11.0 Å². The molecule has 0 heterocycles. The lowest BCUT2D eigenvalue weighted by atomic mass is 10.2. The van der Waals surface area contributed by atoms with E-state index in [-0.39, 0.29) is 11.7 Å². The fourth-order valence-electron chi connectivity index (χ4n) is 1.09. The zero-order chi connectivity index (χ0) is 12.7. The molecule has 0 saturated carbocycles. The van der Waals surface area contributed by atoms with E-state index in [0.29, 0.717) is 10.7 Å². The minimum Gasteiger partial charge on any atom is -0.377 e. The van der Waals surface area contributed by atoms with Crippen LogP contribution in [0.2, 0.25) is 5.02 Å². The van der Waals surface area contributed by atoms with Gasteiger partial charge in [-0.3, -0.25) is 10.1 Å². The molecule has 1 rings (SSSR count). The summed E-state index contributed by atoms with van der Waals surface area (Å²) < 4.78 is 0. The normalized spacial score (nSPS) is 9.38. The van der Waals surface area contributed by atoms with E-state index < -0.39 is 4.92 Å². The van der Waals surface area contributed by atoms with Gasteiger partial charge in [-0.05, 0) is 26.0 Å². The molecule has 0 unspecified atom stereocenters. The minimum absolute atomic E-state index is 0.0445. The lowest BCUT2D eigenvalue weighted by Crippen LogP contribution is -2.11. The van der Waals surface area contributed by atoms with E-state index in [1.165, 1.54) is 12.1 Å². The van der Waals surface area contributed by atoms with Crippen molar-refractivity contribution in [3.63, 3.8) is 0 Å². The van der Waals surface area contributed by atoms with Crippen LogP contribution in [-0.2, 0) is 0 Å². The van der Waals surface area contributed by atoms with Crippen LogP contribution in [0.4, 0.5) is 11.4 Å². The predicted octanol–water partition coefficient (Wildman–Crippen LogP) is 4.09. The van der Waals surface area contributed by atoms with E-state index in [0.717, 1.165) is 0 Å². The molecule has 4 nitrogen and oxygen atoms in total. The summed E-state index contributed by atoms with van der Waals surface area (Å²) in [6.45, 7) is 7.81. The Morgan fingerprint density at radius 3 is 2.38 bits per heavy atom. The van der Waals surface area contributed by atoms with Crippen molar-refractivity contribution in [2.75, 3.05) is 5.32 Å². The number of hydrogen-bond donors (Lipinski definition) is 1. The summed E-state index contributed by atoms with van der Waals surface area (Å²) in [5.41, 5.74) is 0.501. The molecule has 1 aromatic carbocycles. The first kappa shape index (κ1) is 14.7. The Labute approximate surface area is 101 Å². The molecule has 90 valence electrons. The Morgan fingerprint density at radius 1 is 1.38 bits per heavy atom. The SMILES string of the molecule is CC.CC(C)Nc1cc(Cl)ccc1[N+](=O)[O-]. The molecule has 0 radical (unpaired) electrons. The highest BCUT2D eigenvalue weighted by Gasteiger charge is 2.13. The smallest absolute Gasteiger partial charge is 0.292 e. The highest BCUT2D eigenvalue weighted by molar-refractivity contribution is 6.31. The van der Waals surface area contributed by atoms with Gasteiger partial charge in [0.15, 0.2) is 0 Å².